The molecule has 0 spiro atoms. The Morgan fingerprint density at radius 2 is 1.94 bits per heavy atom. The quantitative estimate of drug-likeness (QED) is 0.529. The number of hydrogen-bond acceptors (Lipinski definition) is 4. The van der Waals surface area contributed by atoms with Gasteiger partial charge in [-0.3, -0.25) is 4.90 Å². The van der Waals surface area contributed by atoms with Gasteiger partial charge >= 0.3 is 12.3 Å². The van der Waals surface area contributed by atoms with E-state index in [-0.39, 0.29) is 18.8 Å². The molecule has 0 radical (unpaired) electrons. The molecular weight excluding hydrogens is 447 g/mol. The van der Waals surface area contributed by atoms with Crippen LogP contribution in [0.15, 0.2) is 42.3 Å². The number of amides is 1. The van der Waals surface area contributed by atoms with E-state index in [1.807, 2.05) is 32.9 Å². The average molecular weight is 478 g/mol. The Labute approximate surface area is 197 Å². The summed E-state index contributed by atoms with van der Waals surface area (Å²) in [5.41, 5.74) is 1.77. The van der Waals surface area contributed by atoms with Gasteiger partial charge in [0.15, 0.2) is 0 Å². The predicted molar refractivity (Wildman–Crippen MR) is 124 cm³/mol. The van der Waals surface area contributed by atoms with Crippen molar-refractivity contribution in [3.63, 3.8) is 0 Å². The number of halogens is 3. The minimum Gasteiger partial charge on any atom is -0.443 e. The van der Waals surface area contributed by atoms with Gasteiger partial charge in [-0.05, 0) is 70.1 Å². The molecule has 6 nitrogen and oxygen atoms in total. The van der Waals surface area contributed by atoms with E-state index in [0.717, 1.165) is 35.6 Å². The SMILES string of the molecule is CC(C)(C)OC(=O)N(CC1CCOCC1)c1ccn2ncc(C3=CC=C(C(F)(F)F)CC3)c2c1. The molecule has 2 aliphatic rings. The number of hydrogen-bond donors (Lipinski definition) is 0. The minimum absolute atomic E-state index is 0.0693. The van der Waals surface area contributed by atoms with Crippen LogP contribution in [0.2, 0.25) is 0 Å². The summed E-state index contributed by atoms with van der Waals surface area (Å²) in [4.78, 5) is 14.8. The third-order valence-electron chi connectivity index (χ3n) is 6.07. The monoisotopic (exact) mass is 477 g/mol. The number of carbonyl (C=O) groups excluding carboxylic acids is 1. The van der Waals surface area contributed by atoms with Crippen molar-refractivity contribution < 1.29 is 27.4 Å². The first kappa shape index (κ1) is 24.3. The van der Waals surface area contributed by atoms with Crippen LogP contribution < -0.4 is 4.90 Å². The number of carbonyl (C=O) groups is 1. The van der Waals surface area contributed by atoms with Crippen LogP contribution in [0.5, 0.6) is 0 Å². The highest BCUT2D eigenvalue weighted by molar-refractivity contribution is 5.90. The van der Waals surface area contributed by atoms with E-state index in [4.69, 9.17) is 9.47 Å². The molecule has 2 aromatic rings. The summed E-state index contributed by atoms with van der Waals surface area (Å²) in [6, 6.07) is 3.67. The number of nitrogens with zero attached hydrogens (tertiary/aromatic N) is 3. The van der Waals surface area contributed by atoms with Gasteiger partial charge in [-0.1, -0.05) is 12.2 Å². The van der Waals surface area contributed by atoms with Crippen molar-refractivity contribution in [2.24, 2.45) is 5.92 Å². The van der Waals surface area contributed by atoms with Gasteiger partial charge in [0, 0.05) is 37.1 Å². The largest absolute Gasteiger partial charge is 0.443 e. The van der Waals surface area contributed by atoms with Crippen molar-refractivity contribution in [2.45, 2.75) is 58.2 Å². The number of rotatable bonds is 4. The first-order chi connectivity index (χ1) is 16.0. The number of allylic oxidation sites excluding steroid dienone is 4. The maximum atomic E-state index is 13.1. The maximum Gasteiger partial charge on any atom is 0.414 e. The smallest absolute Gasteiger partial charge is 0.414 e. The molecule has 1 fully saturated rings. The highest BCUT2D eigenvalue weighted by Crippen LogP contribution is 2.37. The van der Waals surface area contributed by atoms with Crippen molar-refractivity contribution in [3.05, 3.63) is 47.8 Å². The van der Waals surface area contributed by atoms with E-state index < -0.39 is 23.4 Å². The molecule has 0 atom stereocenters. The average Bonchev–Trinajstić information content (AvgIpc) is 3.19. The first-order valence-electron chi connectivity index (χ1n) is 11.5. The van der Waals surface area contributed by atoms with Crippen LogP contribution in [0.1, 0.15) is 52.0 Å². The van der Waals surface area contributed by atoms with Gasteiger partial charge in [0.2, 0.25) is 0 Å². The van der Waals surface area contributed by atoms with E-state index in [0.29, 0.717) is 25.4 Å². The highest BCUT2D eigenvalue weighted by Gasteiger charge is 2.34. The summed E-state index contributed by atoms with van der Waals surface area (Å²) >= 11 is 0. The van der Waals surface area contributed by atoms with Crippen molar-refractivity contribution >= 4 is 22.9 Å². The molecule has 1 aliphatic heterocycles. The predicted octanol–water partition coefficient (Wildman–Crippen LogP) is 6.17. The Kier molecular flexibility index (Phi) is 6.75. The summed E-state index contributed by atoms with van der Waals surface area (Å²) in [7, 11) is 0. The molecule has 0 unspecified atom stereocenters. The second kappa shape index (κ2) is 9.44. The number of anilines is 1. The molecule has 9 heteroatoms. The van der Waals surface area contributed by atoms with Gasteiger partial charge in [0.05, 0.1) is 17.4 Å². The van der Waals surface area contributed by atoms with E-state index in [1.54, 1.807) is 21.8 Å². The van der Waals surface area contributed by atoms with Crippen LogP contribution in [-0.4, -0.2) is 47.2 Å². The van der Waals surface area contributed by atoms with Crippen molar-refractivity contribution in [3.8, 4) is 0 Å². The minimum atomic E-state index is -4.31. The summed E-state index contributed by atoms with van der Waals surface area (Å²) in [6.45, 7) is 7.31. The van der Waals surface area contributed by atoms with Gasteiger partial charge < -0.3 is 9.47 Å². The number of ether oxygens (including phenoxy) is 2. The van der Waals surface area contributed by atoms with E-state index in [1.165, 1.54) is 6.08 Å². The molecule has 1 amide bonds. The van der Waals surface area contributed by atoms with Crippen LogP contribution >= 0.6 is 0 Å². The van der Waals surface area contributed by atoms with Crippen LogP contribution in [0.3, 0.4) is 0 Å². The normalized spacial score (nSPS) is 17.9. The van der Waals surface area contributed by atoms with Crippen molar-refractivity contribution in [1.29, 1.82) is 0 Å². The summed E-state index contributed by atoms with van der Waals surface area (Å²) in [5.74, 6) is 0.286. The first-order valence-corrected chi connectivity index (χ1v) is 11.5. The molecular formula is C25H30F3N3O3. The molecule has 0 aromatic carbocycles. The fraction of sp³-hybridized carbons (Fsp3) is 0.520. The number of aromatic nitrogens is 2. The van der Waals surface area contributed by atoms with Gasteiger partial charge in [0.1, 0.15) is 5.60 Å². The second-order valence-electron chi connectivity index (χ2n) is 9.80. The summed E-state index contributed by atoms with van der Waals surface area (Å²) in [6.07, 6.45) is 3.26. The number of pyridine rings is 1. The van der Waals surface area contributed by atoms with E-state index in [2.05, 4.69) is 5.10 Å². The van der Waals surface area contributed by atoms with Gasteiger partial charge in [0.25, 0.3) is 0 Å². The maximum absolute atomic E-state index is 13.1. The molecule has 34 heavy (non-hydrogen) atoms. The van der Waals surface area contributed by atoms with Gasteiger partial charge in [-0.15, -0.1) is 0 Å². The third-order valence-corrected chi connectivity index (χ3v) is 6.07. The standard InChI is InChI=1S/C25H30F3N3O3/c1-24(2,3)34-23(32)30(16-17-9-12-33-13-10-17)20-8-11-31-22(14-20)21(15-29-31)18-4-6-19(7-5-18)25(26,27)28/h4,6,8,11,14-15,17H,5,7,9-10,12-13,16H2,1-3H3. The number of fused-ring (bicyclic) bond motifs is 1. The zero-order valence-electron chi connectivity index (χ0n) is 19.7. The lowest BCUT2D eigenvalue weighted by atomic mass is 9.93. The molecule has 2 aromatic heterocycles. The molecule has 0 saturated carbocycles. The molecule has 4 rings (SSSR count). The third kappa shape index (κ3) is 5.63. The molecule has 1 aliphatic carbocycles. The lowest BCUT2D eigenvalue weighted by Crippen LogP contribution is -2.40. The molecule has 0 bridgehead atoms. The summed E-state index contributed by atoms with van der Waals surface area (Å²) < 4.78 is 51.9. The van der Waals surface area contributed by atoms with Gasteiger partial charge in [-0.25, -0.2) is 9.31 Å². The van der Waals surface area contributed by atoms with E-state index in [9.17, 15) is 18.0 Å². The highest BCUT2D eigenvalue weighted by atomic mass is 19.4. The molecule has 184 valence electrons. The van der Waals surface area contributed by atoms with Crippen molar-refractivity contribution in [2.75, 3.05) is 24.7 Å². The Morgan fingerprint density at radius 1 is 1.21 bits per heavy atom. The van der Waals surface area contributed by atoms with Crippen LogP contribution in [0.25, 0.3) is 11.1 Å². The zero-order valence-corrected chi connectivity index (χ0v) is 19.7. The molecule has 1 saturated heterocycles. The Bertz CT molecular complexity index is 1110. The summed E-state index contributed by atoms with van der Waals surface area (Å²) in [5, 5.41) is 4.36. The zero-order chi connectivity index (χ0) is 24.5. The Morgan fingerprint density at radius 3 is 2.56 bits per heavy atom. The fourth-order valence-corrected chi connectivity index (χ4v) is 4.27. The van der Waals surface area contributed by atoms with Crippen LogP contribution in [0, 0.1) is 5.92 Å². The fourth-order valence-electron chi connectivity index (χ4n) is 4.27. The number of alkyl halides is 3. The van der Waals surface area contributed by atoms with E-state index >= 15 is 0 Å². The van der Waals surface area contributed by atoms with Crippen molar-refractivity contribution in [1.82, 2.24) is 9.61 Å². The molecule has 0 N–H and O–H groups in total. The topological polar surface area (TPSA) is 56.1 Å². The lowest BCUT2D eigenvalue weighted by molar-refractivity contribution is -0.0939. The second-order valence-corrected chi connectivity index (χ2v) is 9.80. The van der Waals surface area contributed by atoms with Crippen LogP contribution in [-0.2, 0) is 9.47 Å². The Hall–Kier alpha value is -2.81. The lowest BCUT2D eigenvalue weighted by Gasteiger charge is -2.31. The van der Waals surface area contributed by atoms with Crippen LogP contribution in [0.4, 0.5) is 23.7 Å². The van der Waals surface area contributed by atoms with Gasteiger partial charge in [-0.2, -0.15) is 18.3 Å². The molecule has 3 heterocycles. The Balaban J connectivity index is 1.67.